The summed E-state index contributed by atoms with van der Waals surface area (Å²) in [6, 6.07) is 0. The highest BCUT2D eigenvalue weighted by atomic mass is 16.5. The molecule has 0 aromatic heterocycles. The molecule has 0 fully saturated rings. The van der Waals surface area contributed by atoms with Crippen LogP contribution in [0, 0.1) is 22.2 Å². The van der Waals surface area contributed by atoms with Gasteiger partial charge in [0.25, 0.3) is 0 Å². The van der Waals surface area contributed by atoms with Gasteiger partial charge in [0.2, 0.25) is 0 Å². The number of rotatable bonds is 15. The Balaban J connectivity index is 4.95. The summed E-state index contributed by atoms with van der Waals surface area (Å²) in [5, 5.41) is 9.28. The molecule has 5 nitrogen and oxygen atoms in total. The van der Waals surface area contributed by atoms with Crippen LogP contribution in [0.2, 0.25) is 0 Å². The number of carbonyl (C=O) groups excluding carboxylic acids is 1. The van der Waals surface area contributed by atoms with Crippen LogP contribution in [0.1, 0.15) is 94.4 Å². The number of aliphatic carboxylic acids is 1. The van der Waals surface area contributed by atoms with E-state index in [-0.39, 0.29) is 29.3 Å². The lowest BCUT2D eigenvalue weighted by Crippen LogP contribution is -2.30. The fraction of sp³-hybridized carbons (Fsp3) is 0.846. The first kappa shape index (κ1) is 29.6. The number of carboxylic acids is 1. The summed E-state index contributed by atoms with van der Waals surface area (Å²) in [7, 11) is 0. The number of carboxylic acid groups (broad SMARTS) is 1. The van der Waals surface area contributed by atoms with Gasteiger partial charge in [-0.05, 0) is 55.0 Å². The summed E-state index contributed by atoms with van der Waals surface area (Å²) in [5.74, 6) is -2.09. The molecular weight excluding hydrogens is 390 g/mol. The van der Waals surface area contributed by atoms with Gasteiger partial charge in [0.05, 0.1) is 12.3 Å². The fourth-order valence-electron chi connectivity index (χ4n) is 5.34. The third kappa shape index (κ3) is 14.3. The molecule has 0 spiro atoms. The molecule has 0 aromatic carbocycles. The van der Waals surface area contributed by atoms with Crippen LogP contribution in [-0.2, 0) is 14.3 Å². The first-order valence-corrected chi connectivity index (χ1v) is 11.8. The van der Waals surface area contributed by atoms with E-state index in [9.17, 15) is 14.7 Å². The van der Waals surface area contributed by atoms with E-state index in [0.29, 0.717) is 13.0 Å². The maximum absolute atomic E-state index is 12.6. The highest BCUT2D eigenvalue weighted by molar-refractivity contribution is 5.79. The van der Waals surface area contributed by atoms with Crippen LogP contribution in [0.25, 0.3) is 0 Å². The molecule has 1 N–H and O–H groups in total. The predicted octanol–water partition coefficient (Wildman–Crippen LogP) is 6.18. The maximum Gasteiger partial charge on any atom is 0.309 e. The van der Waals surface area contributed by atoms with E-state index < -0.39 is 17.9 Å². The second-order valence-corrected chi connectivity index (χ2v) is 11.9. The van der Waals surface area contributed by atoms with Crippen molar-refractivity contribution in [3.63, 3.8) is 0 Å². The molecule has 0 radical (unpaired) electrons. The van der Waals surface area contributed by atoms with E-state index in [2.05, 4.69) is 73.8 Å². The summed E-state index contributed by atoms with van der Waals surface area (Å²) in [5.41, 5.74) is 1.39. The smallest absolute Gasteiger partial charge is 0.309 e. The molecule has 0 amide bonds. The van der Waals surface area contributed by atoms with Crippen molar-refractivity contribution in [2.45, 2.75) is 94.4 Å². The molecule has 182 valence electrons. The Morgan fingerprint density at radius 3 is 1.94 bits per heavy atom. The number of ether oxygens (including phenoxy) is 1. The van der Waals surface area contributed by atoms with Gasteiger partial charge >= 0.3 is 11.9 Å². The standard InChI is InChI=1S/C26H49NO4/c1-11-27(12-2)13-14-31-23(30)21(16-22(28)29)15-20(3)17-25(7,8)19-26(9,10)18-24(4,5)6/h21H,3,11-19H2,1-2,4-10H3,(H,28,29). The average Bonchev–Trinajstić information content (AvgIpc) is 2.53. The highest BCUT2D eigenvalue weighted by Crippen LogP contribution is 2.44. The van der Waals surface area contributed by atoms with Crippen molar-refractivity contribution < 1.29 is 19.4 Å². The number of nitrogens with zero attached hydrogens (tertiary/aromatic N) is 1. The van der Waals surface area contributed by atoms with Crippen LogP contribution < -0.4 is 0 Å². The van der Waals surface area contributed by atoms with E-state index in [1.165, 1.54) is 0 Å². The number of hydrogen-bond donors (Lipinski definition) is 1. The number of carbonyl (C=O) groups is 2. The van der Waals surface area contributed by atoms with Crippen LogP contribution in [0.4, 0.5) is 0 Å². The minimum Gasteiger partial charge on any atom is -0.481 e. The topological polar surface area (TPSA) is 66.8 Å². The molecule has 0 rings (SSSR count). The van der Waals surface area contributed by atoms with E-state index in [4.69, 9.17) is 4.74 Å². The van der Waals surface area contributed by atoms with Crippen molar-refractivity contribution >= 4 is 11.9 Å². The Hall–Kier alpha value is -1.36. The van der Waals surface area contributed by atoms with Crippen LogP contribution in [-0.4, -0.2) is 48.2 Å². The summed E-state index contributed by atoms with van der Waals surface area (Å²) >= 11 is 0. The molecule has 0 saturated heterocycles. The van der Waals surface area contributed by atoms with Crippen LogP contribution in [0.5, 0.6) is 0 Å². The zero-order valence-electron chi connectivity index (χ0n) is 21.8. The van der Waals surface area contributed by atoms with Gasteiger partial charge in [-0.3, -0.25) is 9.59 Å². The van der Waals surface area contributed by atoms with Gasteiger partial charge in [-0.25, -0.2) is 0 Å². The number of likely N-dealkylation sites (N-methyl/N-ethyl adjacent to an activating group) is 1. The molecule has 31 heavy (non-hydrogen) atoms. The zero-order chi connectivity index (χ0) is 24.5. The molecule has 0 saturated carbocycles. The molecule has 0 aliphatic rings. The van der Waals surface area contributed by atoms with Gasteiger partial charge in [-0.2, -0.15) is 0 Å². The fourth-order valence-corrected chi connectivity index (χ4v) is 5.34. The summed E-state index contributed by atoms with van der Waals surface area (Å²) < 4.78 is 5.42. The zero-order valence-corrected chi connectivity index (χ0v) is 21.8. The van der Waals surface area contributed by atoms with Gasteiger partial charge in [0.15, 0.2) is 0 Å². The lowest BCUT2D eigenvalue weighted by atomic mass is 9.66. The number of allylic oxidation sites excluding steroid dienone is 1. The largest absolute Gasteiger partial charge is 0.481 e. The molecular formula is C26H49NO4. The van der Waals surface area contributed by atoms with Gasteiger partial charge in [-0.1, -0.05) is 74.5 Å². The lowest BCUT2D eigenvalue weighted by molar-refractivity contribution is -0.153. The van der Waals surface area contributed by atoms with E-state index >= 15 is 0 Å². The summed E-state index contributed by atoms with van der Waals surface area (Å²) in [6.45, 7) is 26.9. The van der Waals surface area contributed by atoms with Crippen molar-refractivity contribution in [1.82, 2.24) is 4.90 Å². The minimum absolute atomic E-state index is 0.0201. The third-order valence-electron chi connectivity index (χ3n) is 5.53. The Morgan fingerprint density at radius 1 is 0.935 bits per heavy atom. The second kappa shape index (κ2) is 12.6. The third-order valence-corrected chi connectivity index (χ3v) is 5.53. The second-order valence-electron chi connectivity index (χ2n) is 11.9. The minimum atomic E-state index is -0.982. The Kier molecular flexibility index (Phi) is 12.1. The molecule has 0 bridgehead atoms. The summed E-state index contributed by atoms with van der Waals surface area (Å²) in [6.07, 6.45) is 3.06. The number of esters is 1. The Labute approximate surface area is 191 Å². The maximum atomic E-state index is 12.6. The van der Waals surface area contributed by atoms with Crippen molar-refractivity contribution in [3.8, 4) is 0 Å². The predicted molar refractivity (Wildman–Crippen MR) is 129 cm³/mol. The quantitative estimate of drug-likeness (QED) is 0.244. The van der Waals surface area contributed by atoms with Gasteiger partial charge in [-0.15, -0.1) is 0 Å². The monoisotopic (exact) mass is 439 g/mol. The molecule has 0 heterocycles. The number of hydrogen-bond acceptors (Lipinski definition) is 4. The van der Waals surface area contributed by atoms with Crippen molar-refractivity contribution in [2.24, 2.45) is 22.2 Å². The SMILES string of the molecule is C=C(CC(CC(=O)O)C(=O)OCCN(CC)CC)CC(C)(C)CC(C)(C)CC(C)(C)C. The van der Waals surface area contributed by atoms with Crippen molar-refractivity contribution in [1.29, 1.82) is 0 Å². The van der Waals surface area contributed by atoms with Crippen molar-refractivity contribution in [2.75, 3.05) is 26.2 Å². The molecule has 5 heteroatoms. The highest BCUT2D eigenvalue weighted by Gasteiger charge is 2.33. The molecule has 1 atom stereocenters. The first-order valence-electron chi connectivity index (χ1n) is 11.8. The van der Waals surface area contributed by atoms with Crippen molar-refractivity contribution in [3.05, 3.63) is 12.2 Å². The lowest BCUT2D eigenvalue weighted by Gasteiger charge is -2.39. The van der Waals surface area contributed by atoms with Crippen LogP contribution in [0.15, 0.2) is 12.2 Å². The molecule has 1 unspecified atom stereocenters. The molecule has 0 aromatic rings. The van der Waals surface area contributed by atoms with Gasteiger partial charge in [0, 0.05) is 6.54 Å². The van der Waals surface area contributed by atoms with E-state index in [0.717, 1.165) is 37.9 Å². The summed E-state index contributed by atoms with van der Waals surface area (Å²) in [4.78, 5) is 26.1. The molecule has 0 aliphatic heterocycles. The van der Waals surface area contributed by atoms with Gasteiger partial charge < -0.3 is 14.7 Å². The Morgan fingerprint density at radius 2 is 1.48 bits per heavy atom. The Bertz CT molecular complexity index is 583. The van der Waals surface area contributed by atoms with Crippen LogP contribution in [0.3, 0.4) is 0 Å². The average molecular weight is 440 g/mol. The van der Waals surface area contributed by atoms with E-state index in [1.807, 2.05) is 0 Å². The molecule has 0 aliphatic carbocycles. The normalized spacial score (nSPS) is 13.9. The van der Waals surface area contributed by atoms with Gasteiger partial charge in [0.1, 0.15) is 6.61 Å². The van der Waals surface area contributed by atoms with Crippen LogP contribution >= 0.6 is 0 Å². The first-order chi connectivity index (χ1) is 14.0. The van der Waals surface area contributed by atoms with E-state index in [1.54, 1.807) is 0 Å².